The lowest BCUT2D eigenvalue weighted by atomic mass is 9.97. The van der Waals surface area contributed by atoms with Gasteiger partial charge in [-0.1, -0.05) is 41.9 Å². The predicted molar refractivity (Wildman–Crippen MR) is 111 cm³/mol. The summed E-state index contributed by atoms with van der Waals surface area (Å²) in [6.07, 6.45) is 2.25. The summed E-state index contributed by atoms with van der Waals surface area (Å²) in [5.74, 6) is 1.27. The molecule has 152 valence electrons. The molecule has 0 amide bonds. The third kappa shape index (κ3) is 4.11. The first-order valence-electron chi connectivity index (χ1n) is 9.97. The van der Waals surface area contributed by atoms with Crippen LogP contribution >= 0.6 is 0 Å². The first-order valence-corrected chi connectivity index (χ1v) is 11.4. The van der Waals surface area contributed by atoms with E-state index in [-0.39, 0.29) is 5.92 Å². The number of sulfonamides is 1. The first kappa shape index (κ1) is 19.8. The SMILES string of the molecule is CCc1ccc(S(=O)(=O)N2CCC(c3noc(-c4ccc(C)cc4)n3)CC2)cc1. The maximum absolute atomic E-state index is 12.9. The molecule has 0 radical (unpaired) electrons. The number of aromatic nitrogens is 2. The number of rotatable bonds is 5. The van der Waals surface area contributed by atoms with Crippen molar-refractivity contribution in [3.8, 4) is 11.5 Å². The van der Waals surface area contributed by atoms with Crippen molar-refractivity contribution in [1.29, 1.82) is 0 Å². The minimum Gasteiger partial charge on any atom is -0.334 e. The second-order valence-electron chi connectivity index (χ2n) is 7.50. The highest BCUT2D eigenvalue weighted by molar-refractivity contribution is 7.89. The molecule has 0 unspecified atom stereocenters. The van der Waals surface area contributed by atoms with Crippen LogP contribution in [-0.2, 0) is 16.4 Å². The molecule has 0 N–H and O–H groups in total. The van der Waals surface area contributed by atoms with Crippen LogP contribution in [0.25, 0.3) is 11.5 Å². The van der Waals surface area contributed by atoms with Crippen molar-refractivity contribution in [3.63, 3.8) is 0 Å². The Labute approximate surface area is 171 Å². The molecule has 7 heteroatoms. The maximum Gasteiger partial charge on any atom is 0.257 e. The van der Waals surface area contributed by atoms with E-state index in [1.807, 2.05) is 43.3 Å². The Bertz CT molecular complexity index is 1070. The van der Waals surface area contributed by atoms with E-state index in [0.29, 0.717) is 42.5 Å². The lowest BCUT2D eigenvalue weighted by Crippen LogP contribution is -2.38. The van der Waals surface area contributed by atoms with Gasteiger partial charge in [-0.3, -0.25) is 0 Å². The van der Waals surface area contributed by atoms with E-state index in [9.17, 15) is 8.42 Å². The molecule has 4 rings (SSSR count). The highest BCUT2D eigenvalue weighted by Crippen LogP contribution is 2.30. The molecular formula is C22H25N3O3S. The minimum atomic E-state index is -3.47. The average molecular weight is 412 g/mol. The van der Waals surface area contributed by atoms with Gasteiger partial charge >= 0.3 is 0 Å². The zero-order chi connectivity index (χ0) is 20.4. The molecule has 2 heterocycles. The largest absolute Gasteiger partial charge is 0.334 e. The fourth-order valence-electron chi connectivity index (χ4n) is 3.61. The Morgan fingerprint density at radius 2 is 1.69 bits per heavy atom. The van der Waals surface area contributed by atoms with Gasteiger partial charge in [0.05, 0.1) is 4.90 Å². The fraction of sp³-hybridized carbons (Fsp3) is 0.364. The Hall–Kier alpha value is -2.51. The van der Waals surface area contributed by atoms with Crippen LogP contribution in [0.4, 0.5) is 0 Å². The zero-order valence-electron chi connectivity index (χ0n) is 16.7. The molecule has 0 saturated carbocycles. The highest BCUT2D eigenvalue weighted by atomic mass is 32.2. The summed E-state index contributed by atoms with van der Waals surface area (Å²) < 4.78 is 32.8. The van der Waals surface area contributed by atoms with Crippen molar-refractivity contribution >= 4 is 10.0 Å². The van der Waals surface area contributed by atoms with Crippen LogP contribution in [0.3, 0.4) is 0 Å². The van der Waals surface area contributed by atoms with Gasteiger partial charge in [0.2, 0.25) is 10.0 Å². The van der Waals surface area contributed by atoms with Gasteiger partial charge in [-0.15, -0.1) is 0 Å². The van der Waals surface area contributed by atoms with Crippen LogP contribution in [0.1, 0.15) is 42.6 Å². The Kier molecular flexibility index (Phi) is 5.52. The van der Waals surface area contributed by atoms with Crippen LogP contribution in [0, 0.1) is 6.92 Å². The highest BCUT2D eigenvalue weighted by Gasteiger charge is 2.31. The van der Waals surface area contributed by atoms with Crippen LogP contribution < -0.4 is 0 Å². The van der Waals surface area contributed by atoms with E-state index >= 15 is 0 Å². The third-order valence-electron chi connectivity index (χ3n) is 5.53. The fourth-order valence-corrected chi connectivity index (χ4v) is 5.08. The standard InChI is InChI=1S/C22H25N3O3S/c1-3-17-6-10-20(11-7-17)29(26,27)25-14-12-18(13-15-25)21-23-22(28-24-21)19-8-4-16(2)5-9-19/h4-11,18H,3,12-15H2,1-2H3. The number of benzene rings is 2. The second kappa shape index (κ2) is 8.08. The third-order valence-corrected chi connectivity index (χ3v) is 7.44. The van der Waals surface area contributed by atoms with E-state index in [1.54, 1.807) is 16.4 Å². The Morgan fingerprint density at radius 1 is 1.03 bits per heavy atom. The Morgan fingerprint density at radius 3 is 2.31 bits per heavy atom. The second-order valence-corrected chi connectivity index (χ2v) is 9.44. The van der Waals surface area contributed by atoms with E-state index in [4.69, 9.17) is 4.52 Å². The molecule has 1 aliphatic heterocycles. The molecule has 1 saturated heterocycles. The Balaban J connectivity index is 1.43. The summed E-state index contributed by atoms with van der Waals surface area (Å²) in [4.78, 5) is 4.91. The number of piperidine rings is 1. The van der Waals surface area contributed by atoms with Crippen molar-refractivity contribution in [3.05, 3.63) is 65.5 Å². The van der Waals surface area contributed by atoms with E-state index in [2.05, 4.69) is 17.1 Å². The van der Waals surface area contributed by atoms with Crippen molar-refractivity contribution in [2.75, 3.05) is 13.1 Å². The van der Waals surface area contributed by atoms with E-state index in [0.717, 1.165) is 17.5 Å². The molecule has 1 aromatic heterocycles. The van der Waals surface area contributed by atoms with E-state index in [1.165, 1.54) is 5.56 Å². The van der Waals surface area contributed by atoms with Crippen LogP contribution in [0.2, 0.25) is 0 Å². The van der Waals surface area contributed by atoms with Gasteiger partial charge in [-0.05, 0) is 56.0 Å². The molecule has 3 aromatic rings. The molecule has 6 nitrogen and oxygen atoms in total. The van der Waals surface area contributed by atoms with Crippen molar-refractivity contribution < 1.29 is 12.9 Å². The van der Waals surface area contributed by atoms with Crippen molar-refractivity contribution in [2.24, 2.45) is 0 Å². The lowest BCUT2D eigenvalue weighted by Gasteiger charge is -2.29. The molecule has 0 bridgehead atoms. The van der Waals surface area contributed by atoms with E-state index < -0.39 is 10.0 Å². The summed E-state index contributed by atoms with van der Waals surface area (Å²) in [6, 6.07) is 15.1. The summed E-state index contributed by atoms with van der Waals surface area (Å²) in [6.45, 7) is 4.99. The molecule has 0 atom stereocenters. The number of nitrogens with zero attached hydrogens (tertiary/aromatic N) is 3. The van der Waals surface area contributed by atoms with Gasteiger partial charge in [-0.25, -0.2) is 8.42 Å². The molecule has 0 aliphatic carbocycles. The van der Waals surface area contributed by atoms with Crippen LogP contribution in [0.5, 0.6) is 0 Å². The number of aryl methyl sites for hydroxylation is 2. The molecule has 2 aromatic carbocycles. The lowest BCUT2D eigenvalue weighted by molar-refractivity contribution is 0.307. The van der Waals surface area contributed by atoms with Gasteiger partial charge in [-0.2, -0.15) is 9.29 Å². The molecule has 1 aliphatic rings. The van der Waals surface area contributed by atoms with Crippen molar-refractivity contribution in [1.82, 2.24) is 14.4 Å². The van der Waals surface area contributed by atoms with Crippen LogP contribution in [-0.4, -0.2) is 36.0 Å². The summed E-state index contributed by atoms with van der Waals surface area (Å²) in [5.41, 5.74) is 3.19. The quantitative estimate of drug-likeness (QED) is 0.630. The van der Waals surface area contributed by atoms with Gasteiger partial charge in [0.15, 0.2) is 5.82 Å². The predicted octanol–water partition coefficient (Wildman–Crippen LogP) is 4.18. The van der Waals surface area contributed by atoms with Gasteiger partial charge in [0.25, 0.3) is 5.89 Å². The molecular weight excluding hydrogens is 386 g/mol. The van der Waals surface area contributed by atoms with Crippen LogP contribution in [0.15, 0.2) is 57.9 Å². The van der Waals surface area contributed by atoms with Crippen molar-refractivity contribution in [2.45, 2.75) is 43.9 Å². The number of hydrogen-bond donors (Lipinski definition) is 0. The normalized spacial score (nSPS) is 16.2. The smallest absolute Gasteiger partial charge is 0.257 e. The monoisotopic (exact) mass is 411 g/mol. The topological polar surface area (TPSA) is 76.3 Å². The summed E-state index contributed by atoms with van der Waals surface area (Å²) >= 11 is 0. The average Bonchev–Trinajstić information content (AvgIpc) is 3.24. The van der Waals surface area contributed by atoms with Gasteiger partial charge < -0.3 is 4.52 Å². The molecule has 1 fully saturated rings. The summed E-state index contributed by atoms with van der Waals surface area (Å²) in [5, 5.41) is 4.15. The first-order chi connectivity index (χ1) is 14.0. The summed E-state index contributed by atoms with van der Waals surface area (Å²) in [7, 11) is -3.47. The van der Waals surface area contributed by atoms with Gasteiger partial charge in [0, 0.05) is 24.6 Å². The molecule has 0 spiro atoms. The number of hydrogen-bond acceptors (Lipinski definition) is 5. The van der Waals surface area contributed by atoms with Gasteiger partial charge in [0.1, 0.15) is 0 Å². The minimum absolute atomic E-state index is 0.104. The molecule has 29 heavy (non-hydrogen) atoms. The zero-order valence-corrected chi connectivity index (χ0v) is 17.5. The maximum atomic E-state index is 12.9.